The zero-order valence-electron chi connectivity index (χ0n) is 18.7. The van der Waals surface area contributed by atoms with Gasteiger partial charge in [0.05, 0.1) is 18.1 Å². The molecule has 0 unspecified atom stereocenters. The van der Waals surface area contributed by atoms with Gasteiger partial charge in [0.15, 0.2) is 16.7 Å². The van der Waals surface area contributed by atoms with Crippen LogP contribution in [0.2, 0.25) is 0 Å². The summed E-state index contributed by atoms with van der Waals surface area (Å²) in [5, 5.41) is 11.9. The molecule has 2 aromatic carbocycles. The second-order valence-electron chi connectivity index (χ2n) is 7.72. The molecular formula is C25H25N5O3S. The Labute approximate surface area is 201 Å². The third-order valence-electron chi connectivity index (χ3n) is 5.27. The van der Waals surface area contributed by atoms with Gasteiger partial charge in [-0.05, 0) is 35.7 Å². The van der Waals surface area contributed by atoms with Crippen LogP contribution < -0.4 is 11.1 Å². The van der Waals surface area contributed by atoms with Crippen LogP contribution in [0.3, 0.4) is 0 Å². The Kier molecular flexibility index (Phi) is 7.44. The Hall–Kier alpha value is -3.85. The molecule has 2 aromatic heterocycles. The number of carbonyl (C=O) groups is 2. The highest BCUT2D eigenvalue weighted by Crippen LogP contribution is 2.25. The molecule has 0 saturated carbocycles. The van der Waals surface area contributed by atoms with E-state index in [2.05, 4.69) is 39.8 Å². The van der Waals surface area contributed by atoms with Crippen LogP contribution in [0.1, 0.15) is 24.9 Å². The summed E-state index contributed by atoms with van der Waals surface area (Å²) in [6.45, 7) is 2.25. The van der Waals surface area contributed by atoms with Crippen molar-refractivity contribution in [3.05, 3.63) is 78.6 Å². The first-order valence-electron chi connectivity index (χ1n) is 10.8. The number of amides is 2. The minimum absolute atomic E-state index is 0.127. The molecule has 0 aliphatic carbocycles. The second-order valence-corrected chi connectivity index (χ2v) is 8.66. The Morgan fingerprint density at radius 2 is 1.76 bits per heavy atom. The second kappa shape index (κ2) is 10.8. The van der Waals surface area contributed by atoms with Crippen molar-refractivity contribution in [2.75, 3.05) is 5.75 Å². The van der Waals surface area contributed by atoms with Gasteiger partial charge in [0.25, 0.3) is 0 Å². The van der Waals surface area contributed by atoms with E-state index < -0.39 is 5.91 Å². The summed E-state index contributed by atoms with van der Waals surface area (Å²) in [4.78, 5) is 23.9. The van der Waals surface area contributed by atoms with E-state index in [0.29, 0.717) is 23.3 Å². The maximum atomic E-state index is 12.6. The van der Waals surface area contributed by atoms with Gasteiger partial charge in [0, 0.05) is 13.0 Å². The van der Waals surface area contributed by atoms with Crippen LogP contribution in [0.25, 0.3) is 22.7 Å². The molecule has 0 saturated heterocycles. The number of nitrogens with one attached hydrogen (secondary N) is 1. The van der Waals surface area contributed by atoms with Crippen molar-refractivity contribution in [1.82, 2.24) is 20.1 Å². The molecule has 0 bridgehead atoms. The Morgan fingerprint density at radius 3 is 2.44 bits per heavy atom. The van der Waals surface area contributed by atoms with E-state index in [1.807, 2.05) is 37.3 Å². The van der Waals surface area contributed by atoms with Crippen molar-refractivity contribution in [2.45, 2.75) is 31.1 Å². The largest absolute Gasteiger partial charge is 0.461 e. The normalized spacial score (nSPS) is 11.8. The predicted molar refractivity (Wildman–Crippen MR) is 131 cm³/mol. The van der Waals surface area contributed by atoms with Gasteiger partial charge >= 0.3 is 0 Å². The minimum atomic E-state index is -0.431. The van der Waals surface area contributed by atoms with Gasteiger partial charge in [0.2, 0.25) is 11.8 Å². The summed E-state index contributed by atoms with van der Waals surface area (Å²) < 4.78 is 7.16. The molecule has 0 aliphatic heterocycles. The summed E-state index contributed by atoms with van der Waals surface area (Å²) in [5.74, 6) is 0.606. The molecule has 4 aromatic rings. The van der Waals surface area contributed by atoms with E-state index in [-0.39, 0.29) is 24.1 Å². The first-order chi connectivity index (χ1) is 16.5. The molecule has 4 rings (SSSR count). The molecule has 2 heterocycles. The molecular weight excluding hydrogens is 450 g/mol. The molecule has 0 spiro atoms. The Morgan fingerprint density at radius 1 is 1.03 bits per heavy atom. The van der Waals surface area contributed by atoms with Gasteiger partial charge in [0.1, 0.15) is 0 Å². The first-order valence-corrected chi connectivity index (χ1v) is 11.8. The van der Waals surface area contributed by atoms with Crippen molar-refractivity contribution in [2.24, 2.45) is 5.73 Å². The Bertz CT molecular complexity index is 1240. The average Bonchev–Trinajstić information content (AvgIpc) is 3.52. The van der Waals surface area contributed by atoms with Gasteiger partial charge in [-0.3, -0.25) is 14.2 Å². The molecule has 0 aliphatic rings. The number of furan rings is 1. The lowest BCUT2D eigenvalue weighted by atomic mass is 10.0. The number of nitrogens with zero attached hydrogens (tertiary/aromatic N) is 3. The van der Waals surface area contributed by atoms with E-state index in [0.717, 1.165) is 16.7 Å². The molecule has 0 radical (unpaired) electrons. The van der Waals surface area contributed by atoms with Gasteiger partial charge in [-0.15, -0.1) is 10.2 Å². The maximum Gasteiger partial charge on any atom is 0.230 e. The molecule has 9 heteroatoms. The summed E-state index contributed by atoms with van der Waals surface area (Å²) >= 11 is 1.25. The van der Waals surface area contributed by atoms with E-state index in [1.54, 1.807) is 16.7 Å². The number of hydrogen-bond donors (Lipinski definition) is 2. The van der Waals surface area contributed by atoms with Crippen LogP contribution in [0, 0.1) is 0 Å². The van der Waals surface area contributed by atoms with Crippen molar-refractivity contribution in [3.8, 4) is 22.7 Å². The Balaban J connectivity index is 1.37. The van der Waals surface area contributed by atoms with Crippen LogP contribution in [0.5, 0.6) is 0 Å². The van der Waals surface area contributed by atoms with Crippen molar-refractivity contribution in [3.63, 3.8) is 0 Å². The van der Waals surface area contributed by atoms with Gasteiger partial charge in [-0.2, -0.15) is 0 Å². The quantitative estimate of drug-likeness (QED) is 0.334. The van der Waals surface area contributed by atoms with E-state index >= 15 is 0 Å². The van der Waals surface area contributed by atoms with Gasteiger partial charge in [-0.25, -0.2) is 0 Å². The first kappa shape index (κ1) is 23.3. The van der Waals surface area contributed by atoms with Crippen molar-refractivity contribution >= 4 is 23.6 Å². The zero-order valence-corrected chi connectivity index (χ0v) is 19.5. The van der Waals surface area contributed by atoms with E-state index in [9.17, 15) is 9.59 Å². The minimum Gasteiger partial charge on any atom is -0.461 e. The highest BCUT2D eigenvalue weighted by atomic mass is 32.2. The van der Waals surface area contributed by atoms with Crippen molar-refractivity contribution in [1.29, 1.82) is 0 Å². The lowest BCUT2D eigenvalue weighted by Crippen LogP contribution is -2.28. The van der Waals surface area contributed by atoms with Crippen LogP contribution in [0.4, 0.5) is 0 Å². The molecule has 174 valence electrons. The number of primary amides is 1. The van der Waals surface area contributed by atoms with Gasteiger partial charge in [-0.1, -0.05) is 66.4 Å². The molecule has 8 nitrogen and oxygen atoms in total. The maximum absolute atomic E-state index is 12.6. The number of rotatable bonds is 10. The number of thioether (sulfide) groups is 1. The SMILES string of the molecule is C[C@H](NC(=O)CSc1nnc(-c2ccco2)n1CCC(N)=O)c1ccc(-c2ccccc2)cc1. The topological polar surface area (TPSA) is 116 Å². The average molecular weight is 476 g/mol. The fourth-order valence-corrected chi connectivity index (χ4v) is 4.27. The smallest absolute Gasteiger partial charge is 0.230 e. The third-order valence-corrected chi connectivity index (χ3v) is 6.23. The van der Waals surface area contributed by atoms with E-state index in [4.69, 9.17) is 10.2 Å². The van der Waals surface area contributed by atoms with Crippen LogP contribution >= 0.6 is 11.8 Å². The number of aromatic nitrogens is 3. The third kappa shape index (κ3) is 5.74. The number of carbonyl (C=O) groups excluding carboxylic acids is 2. The monoisotopic (exact) mass is 475 g/mol. The summed E-state index contributed by atoms with van der Waals surface area (Å²) in [7, 11) is 0. The highest BCUT2D eigenvalue weighted by molar-refractivity contribution is 7.99. The molecule has 2 amide bonds. The summed E-state index contributed by atoms with van der Waals surface area (Å²) in [6, 6.07) is 21.7. The highest BCUT2D eigenvalue weighted by Gasteiger charge is 2.18. The molecule has 34 heavy (non-hydrogen) atoms. The zero-order chi connectivity index (χ0) is 23.9. The fourth-order valence-electron chi connectivity index (χ4n) is 3.50. The lowest BCUT2D eigenvalue weighted by Gasteiger charge is -2.15. The molecule has 3 N–H and O–H groups in total. The number of hydrogen-bond acceptors (Lipinski definition) is 6. The number of nitrogens with two attached hydrogens (primary N) is 1. The number of benzene rings is 2. The standard InChI is InChI=1S/C25H25N5O3S/c1-17(18-9-11-20(12-10-18)19-6-3-2-4-7-19)27-23(32)16-34-25-29-28-24(21-8-5-15-33-21)30(25)14-13-22(26)31/h2-12,15,17H,13-14,16H2,1H3,(H2,26,31)(H,27,32)/t17-/m0/s1. The molecule has 0 fully saturated rings. The predicted octanol–water partition coefficient (Wildman–Crippen LogP) is 4.05. The van der Waals surface area contributed by atoms with Crippen LogP contribution in [0.15, 0.2) is 82.6 Å². The van der Waals surface area contributed by atoms with Crippen molar-refractivity contribution < 1.29 is 14.0 Å². The van der Waals surface area contributed by atoms with Crippen LogP contribution in [-0.4, -0.2) is 32.3 Å². The fraction of sp³-hybridized carbons (Fsp3) is 0.200. The van der Waals surface area contributed by atoms with E-state index in [1.165, 1.54) is 18.0 Å². The summed E-state index contributed by atoms with van der Waals surface area (Å²) in [6.07, 6.45) is 1.66. The van der Waals surface area contributed by atoms with Crippen LogP contribution in [-0.2, 0) is 16.1 Å². The summed E-state index contributed by atoms with van der Waals surface area (Å²) in [5.41, 5.74) is 8.61. The van der Waals surface area contributed by atoms with Gasteiger partial charge < -0.3 is 15.5 Å². The molecule has 1 atom stereocenters. The lowest BCUT2D eigenvalue weighted by molar-refractivity contribution is -0.119.